The number of carbonyl (C=O) groups excluding carboxylic acids is 3. The van der Waals surface area contributed by atoms with E-state index in [9.17, 15) is 14.4 Å². The molecular formula is C30H23I2N3O4. The van der Waals surface area contributed by atoms with E-state index >= 15 is 0 Å². The monoisotopic (exact) mass is 743 g/mol. The molecule has 196 valence electrons. The number of carbonyl (C=O) groups is 3. The number of benzene rings is 4. The van der Waals surface area contributed by atoms with Crippen molar-refractivity contribution in [3.05, 3.63) is 108 Å². The Morgan fingerprint density at radius 1 is 0.949 bits per heavy atom. The minimum atomic E-state index is -0.634. The molecule has 0 aliphatic carbocycles. The fraction of sp³-hybridized carbons (Fsp3) is 0.100. The molecule has 0 saturated carbocycles. The number of halogens is 2. The molecule has 0 bridgehead atoms. The molecule has 2 N–H and O–H groups in total. The van der Waals surface area contributed by atoms with Crippen LogP contribution in [0.5, 0.6) is 5.75 Å². The molecule has 1 fully saturated rings. The molecule has 1 aliphatic rings. The van der Waals surface area contributed by atoms with E-state index in [1.807, 2.05) is 43.3 Å². The third kappa shape index (κ3) is 6.41. The minimum absolute atomic E-state index is 0.111. The molecule has 4 aromatic carbocycles. The first-order chi connectivity index (χ1) is 18.8. The lowest BCUT2D eigenvalue weighted by Crippen LogP contribution is -2.38. The van der Waals surface area contributed by atoms with Gasteiger partial charge in [-0.15, -0.1) is 0 Å². The van der Waals surface area contributed by atoms with Crippen molar-refractivity contribution in [3.63, 3.8) is 0 Å². The first-order valence-electron chi connectivity index (χ1n) is 12.1. The predicted octanol–water partition coefficient (Wildman–Crippen LogP) is 6.47. The number of fused-ring (bicyclic) bond motifs is 1. The summed E-state index contributed by atoms with van der Waals surface area (Å²) in [6.45, 7) is 1.99. The van der Waals surface area contributed by atoms with E-state index in [-0.39, 0.29) is 12.2 Å². The van der Waals surface area contributed by atoms with Gasteiger partial charge in [0.1, 0.15) is 24.6 Å². The fourth-order valence-corrected chi connectivity index (χ4v) is 6.28. The summed E-state index contributed by atoms with van der Waals surface area (Å²) in [5.74, 6) is -0.260. The van der Waals surface area contributed by atoms with Crippen LogP contribution in [-0.4, -0.2) is 29.3 Å². The molecule has 0 atom stereocenters. The van der Waals surface area contributed by atoms with Crippen molar-refractivity contribution in [1.29, 1.82) is 0 Å². The van der Waals surface area contributed by atoms with Gasteiger partial charge in [-0.3, -0.25) is 9.59 Å². The number of urea groups is 1. The van der Waals surface area contributed by atoms with E-state index in [0.29, 0.717) is 12.3 Å². The van der Waals surface area contributed by atoms with Crippen LogP contribution in [0, 0.1) is 14.1 Å². The number of amides is 4. The molecule has 0 unspecified atom stereocenters. The number of hydrogen-bond donors (Lipinski definition) is 2. The third-order valence-corrected chi connectivity index (χ3v) is 7.73. The quantitative estimate of drug-likeness (QED) is 0.129. The summed E-state index contributed by atoms with van der Waals surface area (Å²) >= 11 is 4.40. The van der Waals surface area contributed by atoms with Crippen molar-refractivity contribution >= 4 is 85.6 Å². The van der Waals surface area contributed by atoms with E-state index in [4.69, 9.17) is 4.74 Å². The zero-order valence-electron chi connectivity index (χ0n) is 20.8. The van der Waals surface area contributed by atoms with Crippen molar-refractivity contribution in [3.8, 4) is 5.75 Å². The maximum Gasteiger partial charge on any atom is 0.329 e. The minimum Gasteiger partial charge on any atom is -0.487 e. The Labute approximate surface area is 252 Å². The number of nitrogens with zero attached hydrogens (tertiary/aromatic N) is 1. The Hall–Kier alpha value is -3.45. The number of anilines is 1. The van der Waals surface area contributed by atoms with Gasteiger partial charge in [0.25, 0.3) is 5.91 Å². The third-order valence-electron chi connectivity index (χ3n) is 6.13. The fourth-order valence-electron chi connectivity index (χ4n) is 4.15. The van der Waals surface area contributed by atoms with Crippen LogP contribution in [0.1, 0.15) is 16.7 Å². The molecule has 39 heavy (non-hydrogen) atoms. The summed E-state index contributed by atoms with van der Waals surface area (Å²) in [5, 5.41) is 7.63. The summed E-state index contributed by atoms with van der Waals surface area (Å²) in [7, 11) is 0. The highest BCUT2D eigenvalue weighted by Crippen LogP contribution is 2.31. The summed E-state index contributed by atoms with van der Waals surface area (Å²) in [6, 6.07) is 24.9. The van der Waals surface area contributed by atoms with Crippen LogP contribution in [-0.2, 0) is 16.2 Å². The molecule has 5 rings (SSSR count). The highest BCUT2D eigenvalue weighted by Gasteiger charge is 2.35. The van der Waals surface area contributed by atoms with Gasteiger partial charge in [0.15, 0.2) is 0 Å². The molecule has 9 heteroatoms. The lowest BCUT2D eigenvalue weighted by molar-refractivity contribution is -0.127. The van der Waals surface area contributed by atoms with Crippen LogP contribution in [0.25, 0.3) is 16.8 Å². The molecule has 1 saturated heterocycles. The van der Waals surface area contributed by atoms with Gasteiger partial charge in [-0.1, -0.05) is 54.1 Å². The van der Waals surface area contributed by atoms with Crippen LogP contribution in [0.2, 0.25) is 0 Å². The molecule has 4 aromatic rings. The van der Waals surface area contributed by atoms with Crippen LogP contribution in [0.15, 0.2) is 84.6 Å². The Balaban J connectivity index is 1.25. The van der Waals surface area contributed by atoms with Crippen molar-refractivity contribution in [2.75, 3.05) is 11.9 Å². The Morgan fingerprint density at radius 3 is 2.36 bits per heavy atom. The summed E-state index contributed by atoms with van der Waals surface area (Å²) < 4.78 is 7.90. The zero-order valence-corrected chi connectivity index (χ0v) is 25.1. The van der Waals surface area contributed by atoms with Crippen molar-refractivity contribution in [2.45, 2.75) is 13.5 Å². The van der Waals surface area contributed by atoms with E-state index in [1.165, 1.54) is 5.39 Å². The van der Waals surface area contributed by atoms with Gasteiger partial charge in [-0.25, -0.2) is 9.69 Å². The molecule has 7 nitrogen and oxygen atoms in total. The maximum atomic E-state index is 12.9. The first kappa shape index (κ1) is 27.1. The van der Waals surface area contributed by atoms with Gasteiger partial charge in [0.2, 0.25) is 5.91 Å². The summed E-state index contributed by atoms with van der Waals surface area (Å²) in [6.07, 6.45) is 1.61. The van der Waals surface area contributed by atoms with E-state index < -0.39 is 17.8 Å². The molecule has 1 aliphatic heterocycles. The van der Waals surface area contributed by atoms with Gasteiger partial charge in [-0.05, 0) is 110 Å². The highest BCUT2D eigenvalue weighted by molar-refractivity contribution is 14.1. The van der Waals surface area contributed by atoms with Crippen LogP contribution in [0.4, 0.5) is 10.5 Å². The second-order valence-corrected chi connectivity index (χ2v) is 11.4. The standard InChI is InChI=1S/C30H23I2N3O4/c1-18-6-10-23(11-7-18)33-27(36)16-35-29(37)26(34-30(35)38)15-20-13-24(31)28(25(32)14-20)39-17-19-8-9-21-4-2-3-5-22(21)12-19/h2-15H,16-17H2,1H3,(H,33,36)(H,34,38)/b26-15+. The Morgan fingerprint density at radius 2 is 1.64 bits per heavy atom. The number of rotatable bonds is 7. The molecular weight excluding hydrogens is 720 g/mol. The number of hydrogen-bond acceptors (Lipinski definition) is 4. The molecule has 0 radical (unpaired) electrons. The van der Waals surface area contributed by atoms with Crippen LogP contribution in [0.3, 0.4) is 0 Å². The highest BCUT2D eigenvalue weighted by atomic mass is 127. The maximum absolute atomic E-state index is 12.9. The van der Waals surface area contributed by atoms with Gasteiger partial charge >= 0.3 is 6.03 Å². The Bertz CT molecular complexity index is 1610. The van der Waals surface area contributed by atoms with Gasteiger partial charge in [0.05, 0.1) is 7.14 Å². The van der Waals surface area contributed by atoms with Gasteiger partial charge in [0, 0.05) is 5.69 Å². The second kappa shape index (κ2) is 11.7. The molecule has 0 aromatic heterocycles. The van der Waals surface area contributed by atoms with Crippen molar-refractivity contribution < 1.29 is 19.1 Å². The lowest BCUT2D eigenvalue weighted by atomic mass is 10.1. The number of imide groups is 1. The molecule has 4 amide bonds. The van der Waals surface area contributed by atoms with Crippen molar-refractivity contribution in [2.24, 2.45) is 0 Å². The first-order valence-corrected chi connectivity index (χ1v) is 14.2. The Kier molecular flexibility index (Phi) is 8.17. The topological polar surface area (TPSA) is 87.7 Å². The lowest BCUT2D eigenvalue weighted by Gasteiger charge is -2.12. The van der Waals surface area contributed by atoms with Crippen LogP contribution >= 0.6 is 45.2 Å². The zero-order chi connectivity index (χ0) is 27.5. The summed E-state index contributed by atoms with van der Waals surface area (Å²) in [4.78, 5) is 38.7. The van der Waals surface area contributed by atoms with E-state index in [0.717, 1.165) is 39.9 Å². The molecule has 1 heterocycles. The normalized spacial score (nSPS) is 14.1. The van der Waals surface area contributed by atoms with Crippen LogP contribution < -0.4 is 15.4 Å². The number of aryl methyl sites for hydroxylation is 1. The average molecular weight is 743 g/mol. The number of nitrogens with one attached hydrogen (secondary N) is 2. The van der Waals surface area contributed by atoms with Gasteiger partial charge < -0.3 is 15.4 Å². The van der Waals surface area contributed by atoms with E-state index in [2.05, 4.69) is 86.1 Å². The smallest absolute Gasteiger partial charge is 0.329 e. The second-order valence-electron chi connectivity index (χ2n) is 9.08. The van der Waals surface area contributed by atoms with Gasteiger partial charge in [-0.2, -0.15) is 0 Å². The summed E-state index contributed by atoms with van der Waals surface area (Å²) in [5.41, 5.74) is 3.57. The predicted molar refractivity (Wildman–Crippen MR) is 168 cm³/mol. The van der Waals surface area contributed by atoms with E-state index in [1.54, 1.807) is 18.2 Å². The van der Waals surface area contributed by atoms with Crippen molar-refractivity contribution in [1.82, 2.24) is 10.2 Å². The largest absolute Gasteiger partial charge is 0.487 e. The average Bonchev–Trinajstić information content (AvgIpc) is 3.16. The SMILES string of the molecule is Cc1ccc(NC(=O)CN2C(=O)N/C(=C/c3cc(I)c(OCc4ccc5ccccc5c4)c(I)c3)C2=O)cc1. The number of ether oxygens (including phenoxy) is 1. The molecule has 0 spiro atoms.